The normalized spacial score (nSPS) is 19.8. The zero-order valence-corrected chi connectivity index (χ0v) is 10.1. The number of nitrogens with zero attached hydrogens (tertiary/aromatic N) is 4. The van der Waals surface area contributed by atoms with E-state index in [1.165, 1.54) is 6.33 Å². The number of carbonyl (C=O) groups is 1. The number of fused-ring (bicyclic) bond motifs is 1. The Morgan fingerprint density at radius 3 is 3.28 bits per heavy atom. The second-order valence-corrected chi connectivity index (χ2v) is 4.38. The Balaban J connectivity index is 1.93. The highest BCUT2D eigenvalue weighted by molar-refractivity contribution is 5.85. The van der Waals surface area contributed by atoms with E-state index in [1.54, 1.807) is 4.52 Å². The van der Waals surface area contributed by atoms with Crippen LogP contribution in [0.25, 0.3) is 5.78 Å². The summed E-state index contributed by atoms with van der Waals surface area (Å²) in [6.45, 7) is 2.64. The molecule has 0 saturated carbocycles. The largest absolute Gasteiger partial charge is 0.358 e. The molecule has 1 fully saturated rings. The summed E-state index contributed by atoms with van der Waals surface area (Å²) in [5.41, 5.74) is 0.842. The van der Waals surface area contributed by atoms with Gasteiger partial charge in [0.2, 0.25) is 5.91 Å². The summed E-state index contributed by atoms with van der Waals surface area (Å²) in [5, 5.41) is 10.2. The number of hydrogen-bond acceptors (Lipinski definition) is 5. The van der Waals surface area contributed by atoms with Crippen molar-refractivity contribution >= 4 is 17.5 Å². The van der Waals surface area contributed by atoms with Crippen molar-refractivity contribution in [2.75, 3.05) is 11.9 Å². The van der Waals surface area contributed by atoms with Gasteiger partial charge in [-0.3, -0.25) is 4.79 Å². The lowest BCUT2D eigenvalue weighted by molar-refractivity contribution is -0.123. The highest BCUT2D eigenvalue weighted by atomic mass is 16.2. The van der Waals surface area contributed by atoms with Crippen LogP contribution in [0.5, 0.6) is 0 Å². The molecule has 1 aliphatic heterocycles. The third-order valence-electron chi connectivity index (χ3n) is 2.99. The summed E-state index contributed by atoms with van der Waals surface area (Å²) in [4.78, 5) is 20.0. The van der Waals surface area contributed by atoms with Gasteiger partial charge in [0.25, 0.3) is 5.78 Å². The number of hydrogen-bond donors (Lipinski definition) is 2. The van der Waals surface area contributed by atoms with Gasteiger partial charge >= 0.3 is 0 Å². The van der Waals surface area contributed by atoms with Gasteiger partial charge in [0.05, 0.1) is 0 Å². The molecule has 0 aliphatic carbocycles. The minimum atomic E-state index is -0.215. The van der Waals surface area contributed by atoms with Crippen LogP contribution in [0.15, 0.2) is 12.4 Å². The molecule has 1 amide bonds. The number of nitrogens with one attached hydrogen (secondary N) is 2. The van der Waals surface area contributed by atoms with E-state index in [2.05, 4.69) is 25.7 Å². The molecule has 1 atom stereocenters. The average Bonchev–Trinajstić information content (AvgIpc) is 2.80. The van der Waals surface area contributed by atoms with E-state index in [4.69, 9.17) is 0 Å². The molecule has 3 heterocycles. The van der Waals surface area contributed by atoms with Crippen molar-refractivity contribution in [1.82, 2.24) is 24.9 Å². The highest BCUT2D eigenvalue weighted by Crippen LogP contribution is 2.14. The molecule has 7 nitrogen and oxygen atoms in total. The van der Waals surface area contributed by atoms with Crippen molar-refractivity contribution in [3.8, 4) is 0 Å². The van der Waals surface area contributed by atoms with Gasteiger partial charge in [0, 0.05) is 18.3 Å². The predicted octanol–water partition coefficient (Wildman–Crippen LogP) is 0.123. The lowest BCUT2D eigenvalue weighted by Gasteiger charge is -2.23. The highest BCUT2D eigenvalue weighted by Gasteiger charge is 2.22. The third-order valence-corrected chi connectivity index (χ3v) is 2.99. The SMILES string of the molecule is Cc1cc(NC2CCCNC2=O)n2ncnc2n1. The molecule has 1 saturated heterocycles. The Morgan fingerprint density at radius 2 is 2.44 bits per heavy atom. The van der Waals surface area contributed by atoms with Gasteiger partial charge in [-0.05, 0) is 19.8 Å². The topological polar surface area (TPSA) is 84.2 Å². The first-order chi connectivity index (χ1) is 8.74. The number of anilines is 1. The molecule has 2 N–H and O–H groups in total. The van der Waals surface area contributed by atoms with Gasteiger partial charge in [-0.2, -0.15) is 14.6 Å². The number of carbonyl (C=O) groups excluding carboxylic acids is 1. The Kier molecular flexibility index (Phi) is 2.58. The van der Waals surface area contributed by atoms with Crippen molar-refractivity contribution in [1.29, 1.82) is 0 Å². The third kappa shape index (κ3) is 1.87. The Labute approximate surface area is 104 Å². The maximum absolute atomic E-state index is 11.7. The standard InChI is InChI=1S/C11H14N6O/c1-7-5-9(17-11(15-7)13-6-14-17)16-8-3-2-4-12-10(8)18/h5-6,8,16H,2-4H2,1H3,(H,12,18). The van der Waals surface area contributed by atoms with Crippen molar-refractivity contribution < 1.29 is 4.79 Å². The molecule has 1 unspecified atom stereocenters. The van der Waals surface area contributed by atoms with Gasteiger partial charge in [0.1, 0.15) is 18.2 Å². The first-order valence-electron chi connectivity index (χ1n) is 5.96. The number of piperidine rings is 1. The van der Waals surface area contributed by atoms with Gasteiger partial charge in [-0.1, -0.05) is 0 Å². The second kappa shape index (κ2) is 4.25. The van der Waals surface area contributed by atoms with Crippen molar-refractivity contribution in [3.05, 3.63) is 18.1 Å². The molecule has 1 aliphatic rings. The van der Waals surface area contributed by atoms with E-state index >= 15 is 0 Å². The number of aromatic nitrogens is 4. The summed E-state index contributed by atoms with van der Waals surface area (Å²) >= 11 is 0. The van der Waals surface area contributed by atoms with Crippen molar-refractivity contribution in [2.45, 2.75) is 25.8 Å². The van der Waals surface area contributed by atoms with E-state index in [-0.39, 0.29) is 11.9 Å². The van der Waals surface area contributed by atoms with Crippen LogP contribution in [-0.4, -0.2) is 38.1 Å². The van der Waals surface area contributed by atoms with E-state index < -0.39 is 0 Å². The Hall–Kier alpha value is -2.18. The van der Waals surface area contributed by atoms with Gasteiger partial charge in [0.15, 0.2) is 0 Å². The molecule has 0 bridgehead atoms. The molecule has 2 aromatic rings. The van der Waals surface area contributed by atoms with Crippen molar-refractivity contribution in [2.24, 2.45) is 0 Å². The quantitative estimate of drug-likeness (QED) is 0.786. The fourth-order valence-corrected chi connectivity index (χ4v) is 2.12. The molecular weight excluding hydrogens is 232 g/mol. The molecule has 0 aromatic carbocycles. The monoisotopic (exact) mass is 246 g/mol. The Bertz CT molecular complexity index is 592. The van der Waals surface area contributed by atoms with Crippen LogP contribution in [0, 0.1) is 6.92 Å². The van der Waals surface area contributed by atoms with E-state index in [0.717, 1.165) is 30.9 Å². The summed E-state index contributed by atoms with van der Waals surface area (Å²) in [6, 6.07) is 1.65. The molecule has 0 radical (unpaired) electrons. The molecule has 2 aromatic heterocycles. The van der Waals surface area contributed by atoms with Gasteiger partial charge in [-0.25, -0.2) is 4.98 Å². The molecular formula is C11H14N6O. The zero-order chi connectivity index (χ0) is 12.5. The lowest BCUT2D eigenvalue weighted by atomic mass is 10.1. The summed E-state index contributed by atoms with van der Waals surface area (Å²) in [6.07, 6.45) is 3.26. The van der Waals surface area contributed by atoms with Crippen LogP contribution in [0.1, 0.15) is 18.5 Å². The fraction of sp³-hybridized carbons (Fsp3) is 0.455. The van der Waals surface area contributed by atoms with Crippen molar-refractivity contribution in [3.63, 3.8) is 0 Å². The van der Waals surface area contributed by atoms with Gasteiger partial charge in [-0.15, -0.1) is 0 Å². The number of amides is 1. The minimum Gasteiger partial charge on any atom is -0.358 e. The molecule has 94 valence electrons. The van der Waals surface area contributed by atoms with Crippen LogP contribution in [0.4, 0.5) is 5.82 Å². The van der Waals surface area contributed by atoms with E-state index in [9.17, 15) is 4.79 Å². The van der Waals surface area contributed by atoms with E-state index in [0.29, 0.717) is 5.78 Å². The molecule has 0 spiro atoms. The maximum Gasteiger partial charge on any atom is 0.254 e. The summed E-state index contributed by atoms with van der Waals surface area (Å²) < 4.78 is 1.61. The van der Waals surface area contributed by atoms with Gasteiger partial charge < -0.3 is 10.6 Å². The lowest BCUT2D eigenvalue weighted by Crippen LogP contribution is -2.44. The van der Waals surface area contributed by atoms with Crippen LogP contribution in [0.2, 0.25) is 0 Å². The first kappa shape index (κ1) is 10.9. The minimum absolute atomic E-state index is 0.0315. The predicted molar refractivity (Wildman–Crippen MR) is 65.2 cm³/mol. The maximum atomic E-state index is 11.7. The smallest absolute Gasteiger partial charge is 0.254 e. The fourth-order valence-electron chi connectivity index (χ4n) is 2.12. The number of aryl methyl sites for hydroxylation is 1. The summed E-state index contributed by atoms with van der Waals surface area (Å²) in [7, 11) is 0. The molecule has 7 heteroatoms. The van der Waals surface area contributed by atoms with Crippen LogP contribution in [0.3, 0.4) is 0 Å². The Morgan fingerprint density at radius 1 is 1.56 bits per heavy atom. The average molecular weight is 246 g/mol. The summed E-state index contributed by atoms with van der Waals surface area (Å²) in [5.74, 6) is 1.31. The van der Waals surface area contributed by atoms with E-state index in [1.807, 2.05) is 13.0 Å². The van der Waals surface area contributed by atoms with Crippen LogP contribution >= 0.6 is 0 Å². The van der Waals surface area contributed by atoms with Crippen LogP contribution in [-0.2, 0) is 4.79 Å². The molecule has 3 rings (SSSR count). The zero-order valence-electron chi connectivity index (χ0n) is 10.1. The second-order valence-electron chi connectivity index (χ2n) is 4.38. The first-order valence-corrected chi connectivity index (χ1v) is 5.96. The van der Waals surface area contributed by atoms with Crippen LogP contribution < -0.4 is 10.6 Å². The number of rotatable bonds is 2. The molecule has 18 heavy (non-hydrogen) atoms.